The number of aromatic nitrogens is 2. The highest BCUT2D eigenvalue weighted by Crippen LogP contribution is 2.49. The fourth-order valence-electron chi connectivity index (χ4n) is 4.51. The highest BCUT2D eigenvalue weighted by atomic mass is 35.5. The van der Waals surface area contributed by atoms with Gasteiger partial charge in [-0.3, -0.25) is 14.3 Å². The van der Waals surface area contributed by atoms with Gasteiger partial charge < -0.3 is 4.74 Å². The second-order valence-electron chi connectivity index (χ2n) is 7.39. The standard InChI is InChI=1S/C19H17Cl2N3O3/c1-9-6-15(22-23(9)8-10-2-3-11(20)7-12(10)21)24-18(25)16-13-4-5-14(27-13)17(16)19(24)26/h2-3,6-7,13-14,16-17H,4-5,8H2,1H3/t13-,14-,16+,17+/m1/s1. The van der Waals surface area contributed by atoms with Crippen LogP contribution in [-0.2, 0) is 20.9 Å². The lowest BCUT2D eigenvalue weighted by atomic mass is 9.81. The number of benzene rings is 1. The molecule has 5 rings (SSSR count). The molecule has 8 heteroatoms. The normalized spacial score (nSPS) is 29.1. The number of carbonyl (C=O) groups is 2. The van der Waals surface area contributed by atoms with Gasteiger partial charge in [-0.25, -0.2) is 4.90 Å². The van der Waals surface area contributed by atoms with Crippen molar-refractivity contribution >= 4 is 40.8 Å². The summed E-state index contributed by atoms with van der Waals surface area (Å²) in [6, 6.07) is 7.07. The Hall–Kier alpha value is -1.89. The third-order valence-electron chi connectivity index (χ3n) is 5.82. The summed E-state index contributed by atoms with van der Waals surface area (Å²) in [5, 5.41) is 5.64. The van der Waals surface area contributed by atoms with Gasteiger partial charge >= 0.3 is 0 Å². The van der Waals surface area contributed by atoms with E-state index in [4.69, 9.17) is 27.9 Å². The van der Waals surface area contributed by atoms with Crippen LogP contribution in [0.1, 0.15) is 24.1 Å². The van der Waals surface area contributed by atoms with E-state index < -0.39 is 0 Å². The molecule has 2 aromatic rings. The first-order chi connectivity index (χ1) is 12.9. The fourth-order valence-corrected chi connectivity index (χ4v) is 4.98. The molecule has 2 amide bonds. The van der Waals surface area contributed by atoms with Crippen molar-refractivity contribution in [2.75, 3.05) is 4.90 Å². The van der Waals surface area contributed by atoms with Crippen LogP contribution in [0.4, 0.5) is 5.82 Å². The van der Waals surface area contributed by atoms with Crippen molar-refractivity contribution in [3.8, 4) is 0 Å². The summed E-state index contributed by atoms with van der Waals surface area (Å²) in [5.41, 5.74) is 1.70. The van der Waals surface area contributed by atoms with Crippen molar-refractivity contribution in [2.45, 2.75) is 38.5 Å². The monoisotopic (exact) mass is 405 g/mol. The zero-order valence-electron chi connectivity index (χ0n) is 14.6. The van der Waals surface area contributed by atoms with Gasteiger partial charge in [-0.1, -0.05) is 29.3 Å². The van der Waals surface area contributed by atoms with Gasteiger partial charge in [0.2, 0.25) is 11.8 Å². The number of carbonyl (C=O) groups excluding carboxylic acids is 2. The van der Waals surface area contributed by atoms with Crippen LogP contribution in [0.25, 0.3) is 0 Å². The van der Waals surface area contributed by atoms with E-state index in [1.165, 1.54) is 4.90 Å². The molecule has 27 heavy (non-hydrogen) atoms. The summed E-state index contributed by atoms with van der Waals surface area (Å²) < 4.78 is 7.52. The summed E-state index contributed by atoms with van der Waals surface area (Å²) in [4.78, 5) is 27.0. The van der Waals surface area contributed by atoms with E-state index in [0.29, 0.717) is 22.4 Å². The summed E-state index contributed by atoms with van der Waals surface area (Å²) in [7, 11) is 0. The number of anilines is 1. The van der Waals surface area contributed by atoms with Gasteiger partial charge in [0.25, 0.3) is 0 Å². The minimum atomic E-state index is -0.354. The zero-order chi connectivity index (χ0) is 18.9. The van der Waals surface area contributed by atoms with Crippen molar-refractivity contribution in [1.82, 2.24) is 9.78 Å². The number of halogens is 2. The molecule has 4 heterocycles. The summed E-state index contributed by atoms with van der Waals surface area (Å²) in [6.45, 7) is 2.32. The Balaban J connectivity index is 1.44. The molecule has 3 saturated heterocycles. The van der Waals surface area contributed by atoms with Crippen LogP contribution < -0.4 is 4.90 Å². The lowest BCUT2D eigenvalue weighted by Gasteiger charge is -2.15. The van der Waals surface area contributed by atoms with Crippen LogP contribution in [-0.4, -0.2) is 33.8 Å². The van der Waals surface area contributed by atoms with E-state index in [9.17, 15) is 9.59 Å². The smallest absolute Gasteiger partial charge is 0.241 e. The molecule has 1 aromatic carbocycles. The number of rotatable bonds is 3. The third-order valence-corrected chi connectivity index (χ3v) is 6.40. The number of hydrogen-bond acceptors (Lipinski definition) is 4. The van der Waals surface area contributed by atoms with E-state index in [0.717, 1.165) is 24.1 Å². The van der Waals surface area contributed by atoms with Crippen molar-refractivity contribution in [1.29, 1.82) is 0 Å². The number of ether oxygens (including phenoxy) is 1. The molecular weight excluding hydrogens is 389 g/mol. The zero-order valence-corrected chi connectivity index (χ0v) is 16.1. The SMILES string of the molecule is Cc1cc(N2C(=O)[C@@H]3[C@@H](C2=O)[C@H]2CC[C@H]3O2)nn1Cc1ccc(Cl)cc1Cl. The van der Waals surface area contributed by atoms with Crippen LogP contribution in [0.5, 0.6) is 0 Å². The predicted octanol–water partition coefficient (Wildman–Crippen LogP) is 3.21. The molecule has 2 bridgehead atoms. The maximum atomic E-state index is 12.9. The molecule has 4 atom stereocenters. The number of aryl methyl sites for hydroxylation is 1. The Morgan fingerprint density at radius 3 is 2.41 bits per heavy atom. The minimum absolute atomic E-state index is 0.127. The molecule has 0 unspecified atom stereocenters. The predicted molar refractivity (Wildman–Crippen MR) is 99.9 cm³/mol. The number of hydrogen-bond donors (Lipinski definition) is 0. The quantitative estimate of drug-likeness (QED) is 0.735. The molecule has 6 nitrogen and oxygen atoms in total. The summed E-state index contributed by atoms with van der Waals surface area (Å²) in [6.07, 6.45) is 1.44. The molecule has 3 fully saturated rings. The van der Waals surface area contributed by atoms with E-state index in [2.05, 4.69) is 5.10 Å². The van der Waals surface area contributed by atoms with Gasteiger partial charge in [0, 0.05) is 21.8 Å². The summed E-state index contributed by atoms with van der Waals surface area (Å²) >= 11 is 12.2. The Kier molecular flexibility index (Phi) is 3.86. The van der Waals surface area contributed by atoms with Crippen LogP contribution in [0.2, 0.25) is 10.0 Å². The minimum Gasteiger partial charge on any atom is -0.373 e. The van der Waals surface area contributed by atoms with E-state index >= 15 is 0 Å². The van der Waals surface area contributed by atoms with Gasteiger partial charge in [-0.2, -0.15) is 5.10 Å². The Labute approximate surface area is 166 Å². The highest BCUT2D eigenvalue weighted by Gasteiger charge is 2.63. The van der Waals surface area contributed by atoms with E-state index in [1.807, 2.05) is 13.0 Å². The molecule has 3 aliphatic heterocycles. The number of fused-ring (bicyclic) bond motifs is 5. The van der Waals surface area contributed by atoms with Crippen LogP contribution >= 0.6 is 23.2 Å². The van der Waals surface area contributed by atoms with Crippen LogP contribution in [0.3, 0.4) is 0 Å². The van der Waals surface area contributed by atoms with E-state index in [-0.39, 0.29) is 35.9 Å². The second kappa shape index (κ2) is 6.06. The number of amides is 2. The van der Waals surface area contributed by atoms with E-state index in [1.54, 1.807) is 22.9 Å². The largest absolute Gasteiger partial charge is 0.373 e. The first-order valence-corrected chi connectivity index (χ1v) is 9.71. The maximum absolute atomic E-state index is 12.9. The second-order valence-corrected chi connectivity index (χ2v) is 8.23. The molecule has 0 N–H and O–H groups in total. The Morgan fingerprint density at radius 2 is 1.78 bits per heavy atom. The first kappa shape index (κ1) is 17.2. The van der Waals surface area contributed by atoms with Gasteiger partial charge in [0.1, 0.15) is 0 Å². The number of nitrogens with zero attached hydrogens (tertiary/aromatic N) is 3. The molecule has 0 aliphatic carbocycles. The van der Waals surface area contributed by atoms with Gasteiger partial charge in [-0.15, -0.1) is 0 Å². The van der Waals surface area contributed by atoms with Crippen LogP contribution in [0, 0.1) is 18.8 Å². The highest BCUT2D eigenvalue weighted by molar-refractivity contribution is 6.35. The average Bonchev–Trinajstić information content (AvgIpc) is 3.35. The topological polar surface area (TPSA) is 64.4 Å². The molecular formula is C19H17Cl2N3O3. The van der Waals surface area contributed by atoms with Crippen molar-refractivity contribution < 1.29 is 14.3 Å². The molecule has 1 aromatic heterocycles. The van der Waals surface area contributed by atoms with Gasteiger partial charge in [-0.05, 0) is 37.5 Å². The number of imide groups is 1. The molecule has 0 radical (unpaired) electrons. The fraction of sp³-hybridized carbons (Fsp3) is 0.421. The Morgan fingerprint density at radius 1 is 1.11 bits per heavy atom. The average molecular weight is 406 g/mol. The van der Waals surface area contributed by atoms with Gasteiger partial charge in [0.15, 0.2) is 5.82 Å². The molecule has 0 spiro atoms. The molecule has 140 valence electrons. The maximum Gasteiger partial charge on any atom is 0.241 e. The molecule has 0 saturated carbocycles. The van der Waals surface area contributed by atoms with Crippen molar-refractivity contribution in [2.24, 2.45) is 11.8 Å². The summed E-state index contributed by atoms with van der Waals surface area (Å²) in [5.74, 6) is -0.709. The third kappa shape index (κ3) is 2.54. The molecule has 3 aliphatic rings. The lowest BCUT2D eigenvalue weighted by Crippen LogP contribution is -2.34. The van der Waals surface area contributed by atoms with Crippen molar-refractivity contribution in [3.05, 3.63) is 45.6 Å². The lowest BCUT2D eigenvalue weighted by molar-refractivity contribution is -0.124. The first-order valence-electron chi connectivity index (χ1n) is 8.95. The van der Waals surface area contributed by atoms with Gasteiger partial charge in [0.05, 0.1) is 30.6 Å². The van der Waals surface area contributed by atoms with Crippen molar-refractivity contribution in [3.63, 3.8) is 0 Å². The Bertz CT molecular complexity index is 945. The van der Waals surface area contributed by atoms with Crippen LogP contribution in [0.15, 0.2) is 24.3 Å².